The zero-order chi connectivity index (χ0) is 11.1. The van der Waals surface area contributed by atoms with Crippen LogP contribution in [0.2, 0.25) is 0 Å². The van der Waals surface area contributed by atoms with Crippen LogP contribution in [-0.2, 0) is 4.79 Å². The molecule has 1 amide bonds. The van der Waals surface area contributed by atoms with Crippen LogP contribution in [0.3, 0.4) is 0 Å². The molecule has 1 atom stereocenters. The number of nitrogens with one attached hydrogen (secondary N) is 1. The summed E-state index contributed by atoms with van der Waals surface area (Å²) in [6.07, 6.45) is 5.69. The normalized spacial score (nSPS) is 12.6. The van der Waals surface area contributed by atoms with E-state index < -0.39 is 0 Å². The molecule has 0 radical (unpaired) electrons. The van der Waals surface area contributed by atoms with E-state index in [1.807, 2.05) is 6.07 Å². The van der Waals surface area contributed by atoms with Crippen LogP contribution in [0.4, 0.5) is 0 Å². The Labute approximate surface area is 89.8 Å². The molecule has 1 aromatic rings. The maximum absolute atomic E-state index is 10.5. The van der Waals surface area contributed by atoms with Crippen molar-refractivity contribution in [3.05, 3.63) is 24.2 Å². The van der Waals surface area contributed by atoms with Gasteiger partial charge in [-0.15, -0.1) is 0 Å². The van der Waals surface area contributed by atoms with Crippen LogP contribution in [-0.4, -0.2) is 12.5 Å². The molecule has 1 heterocycles. The molecule has 3 N–H and O–H groups in total. The highest BCUT2D eigenvalue weighted by Gasteiger charge is 2.04. The van der Waals surface area contributed by atoms with Gasteiger partial charge in [0.05, 0.1) is 12.5 Å². The Kier molecular flexibility index (Phi) is 4.90. The highest BCUT2D eigenvalue weighted by atomic mass is 16.3. The number of nitrogens with two attached hydrogens (primary N) is 1. The summed E-state index contributed by atoms with van der Waals surface area (Å²) in [5, 5.41) is 3.35. The highest BCUT2D eigenvalue weighted by Crippen LogP contribution is 2.11. The Hall–Kier alpha value is -1.29. The van der Waals surface area contributed by atoms with Crippen LogP contribution in [0.1, 0.15) is 37.8 Å². The summed E-state index contributed by atoms with van der Waals surface area (Å²) in [5.41, 5.74) is 6.18. The van der Waals surface area contributed by atoms with Gasteiger partial charge in [-0.1, -0.05) is 0 Å². The van der Waals surface area contributed by atoms with Crippen molar-refractivity contribution in [1.82, 2.24) is 5.32 Å². The number of carbonyl (C=O) groups is 1. The zero-order valence-corrected chi connectivity index (χ0v) is 9.03. The van der Waals surface area contributed by atoms with Crippen LogP contribution >= 0.6 is 0 Å². The van der Waals surface area contributed by atoms with Crippen molar-refractivity contribution in [2.45, 2.75) is 32.2 Å². The first-order valence-electron chi connectivity index (χ1n) is 5.24. The number of unbranched alkanes of at least 4 members (excludes halogenated alkanes) is 1. The number of hydrogen-bond donors (Lipinski definition) is 2. The minimum Gasteiger partial charge on any atom is -0.472 e. The summed E-state index contributed by atoms with van der Waals surface area (Å²) in [6, 6.07) is 2.23. The van der Waals surface area contributed by atoms with E-state index in [1.54, 1.807) is 12.5 Å². The van der Waals surface area contributed by atoms with Gasteiger partial charge >= 0.3 is 0 Å². The van der Waals surface area contributed by atoms with Gasteiger partial charge in [0.1, 0.15) is 0 Å². The lowest BCUT2D eigenvalue weighted by Crippen LogP contribution is -2.20. The second-order valence-corrected chi connectivity index (χ2v) is 3.66. The number of hydrogen-bond acceptors (Lipinski definition) is 3. The van der Waals surface area contributed by atoms with Crippen LogP contribution in [0.25, 0.3) is 0 Å². The van der Waals surface area contributed by atoms with Crippen LogP contribution < -0.4 is 11.1 Å². The second kappa shape index (κ2) is 6.24. The van der Waals surface area contributed by atoms with Crippen molar-refractivity contribution in [3.63, 3.8) is 0 Å². The minimum atomic E-state index is -0.224. The predicted molar refractivity (Wildman–Crippen MR) is 58.2 cm³/mol. The van der Waals surface area contributed by atoms with Gasteiger partial charge in [0.15, 0.2) is 0 Å². The molecule has 0 aliphatic rings. The SMILES string of the molecule is CC(NCCCCC(N)=O)c1ccoc1. The summed E-state index contributed by atoms with van der Waals surface area (Å²) in [6.45, 7) is 2.97. The van der Waals surface area contributed by atoms with Crippen molar-refractivity contribution in [2.75, 3.05) is 6.54 Å². The van der Waals surface area contributed by atoms with E-state index in [4.69, 9.17) is 10.2 Å². The van der Waals surface area contributed by atoms with Gasteiger partial charge in [0, 0.05) is 18.0 Å². The van der Waals surface area contributed by atoms with E-state index in [0.717, 1.165) is 24.9 Å². The molecule has 1 rings (SSSR count). The first-order valence-corrected chi connectivity index (χ1v) is 5.24. The largest absolute Gasteiger partial charge is 0.472 e. The van der Waals surface area contributed by atoms with Crippen LogP contribution in [0.5, 0.6) is 0 Å². The predicted octanol–water partition coefficient (Wildman–Crippen LogP) is 1.59. The molecule has 4 nitrogen and oxygen atoms in total. The Morgan fingerprint density at radius 3 is 3.00 bits per heavy atom. The van der Waals surface area contributed by atoms with Gasteiger partial charge in [-0.25, -0.2) is 0 Å². The van der Waals surface area contributed by atoms with Gasteiger partial charge in [0.2, 0.25) is 5.91 Å². The number of rotatable bonds is 7. The van der Waals surface area contributed by atoms with E-state index in [-0.39, 0.29) is 11.9 Å². The molecule has 1 aromatic heterocycles. The van der Waals surface area contributed by atoms with Gasteiger partial charge in [-0.3, -0.25) is 4.79 Å². The lowest BCUT2D eigenvalue weighted by molar-refractivity contribution is -0.118. The maximum atomic E-state index is 10.5. The smallest absolute Gasteiger partial charge is 0.217 e. The standard InChI is InChI=1S/C11H18N2O2/c1-9(10-5-7-15-8-10)13-6-3-2-4-11(12)14/h5,7-9,13H,2-4,6H2,1H3,(H2,12,14). The molecule has 15 heavy (non-hydrogen) atoms. The van der Waals surface area contributed by atoms with Crippen molar-refractivity contribution >= 4 is 5.91 Å². The third-order valence-corrected chi connectivity index (χ3v) is 2.34. The second-order valence-electron chi connectivity index (χ2n) is 3.66. The summed E-state index contributed by atoms with van der Waals surface area (Å²) >= 11 is 0. The third-order valence-electron chi connectivity index (χ3n) is 2.34. The van der Waals surface area contributed by atoms with E-state index in [0.29, 0.717) is 6.42 Å². The lowest BCUT2D eigenvalue weighted by atomic mass is 10.1. The molecule has 4 heteroatoms. The molecule has 84 valence electrons. The van der Waals surface area contributed by atoms with E-state index in [1.165, 1.54) is 0 Å². The molecular formula is C11H18N2O2. The van der Waals surface area contributed by atoms with Crippen LogP contribution in [0.15, 0.2) is 23.0 Å². The van der Waals surface area contributed by atoms with Gasteiger partial charge in [-0.2, -0.15) is 0 Å². The molecule has 0 aliphatic heterocycles. The number of furan rings is 1. The Balaban J connectivity index is 2.08. The van der Waals surface area contributed by atoms with Gasteiger partial charge in [-0.05, 0) is 32.4 Å². The number of amides is 1. The van der Waals surface area contributed by atoms with Crippen molar-refractivity contribution < 1.29 is 9.21 Å². The molecule has 0 saturated carbocycles. The summed E-state index contributed by atoms with van der Waals surface area (Å²) < 4.78 is 4.99. The topological polar surface area (TPSA) is 68.3 Å². The van der Waals surface area contributed by atoms with Crippen molar-refractivity contribution in [3.8, 4) is 0 Å². The van der Waals surface area contributed by atoms with E-state index in [2.05, 4.69) is 12.2 Å². The molecule has 0 spiro atoms. The van der Waals surface area contributed by atoms with Crippen molar-refractivity contribution in [1.29, 1.82) is 0 Å². The van der Waals surface area contributed by atoms with E-state index in [9.17, 15) is 4.79 Å². The first-order chi connectivity index (χ1) is 7.20. The molecule has 0 fully saturated rings. The fourth-order valence-corrected chi connectivity index (χ4v) is 1.38. The Morgan fingerprint density at radius 2 is 2.40 bits per heavy atom. The monoisotopic (exact) mass is 210 g/mol. The lowest BCUT2D eigenvalue weighted by Gasteiger charge is -2.11. The quantitative estimate of drug-likeness (QED) is 0.671. The zero-order valence-electron chi connectivity index (χ0n) is 9.03. The molecule has 1 unspecified atom stereocenters. The number of carbonyl (C=O) groups excluding carboxylic acids is 1. The molecule has 0 aliphatic carbocycles. The average Bonchev–Trinajstić information content (AvgIpc) is 2.69. The molecular weight excluding hydrogens is 192 g/mol. The summed E-state index contributed by atoms with van der Waals surface area (Å²) in [7, 11) is 0. The first kappa shape index (κ1) is 11.8. The fourth-order valence-electron chi connectivity index (χ4n) is 1.38. The Morgan fingerprint density at radius 1 is 1.60 bits per heavy atom. The molecule has 0 saturated heterocycles. The average molecular weight is 210 g/mol. The fraction of sp³-hybridized carbons (Fsp3) is 0.545. The molecule has 0 aromatic carbocycles. The van der Waals surface area contributed by atoms with Crippen LogP contribution in [0, 0.1) is 0 Å². The number of primary amides is 1. The Bertz CT molecular complexity index is 283. The minimum absolute atomic E-state index is 0.224. The van der Waals surface area contributed by atoms with Gasteiger partial charge in [0.25, 0.3) is 0 Å². The summed E-state index contributed by atoms with van der Waals surface area (Å²) in [4.78, 5) is 10.5. The van der Waals surface area contributed by atoms with Gasteiger partial charge < -0.3 is 15.5 Å². The van der Waals surface area contributed by atoms with Crippen molar-refractivity contribution in [2.24, 2.45) is 5.73 Å². The molecule has 0 bridgehead atoms. The maximum Gasteiger partial charge on any atom is 0.217 e. The van der Waals surface area contributed by atoms with E-state index >= 15 is 0 Å². The summed E-state index contributed by atoms with van der Waals surface area (Å²) in [5.74, 6) is -0.224. The third kappa shape index (κ3) is 4.65. The highest BCUT2D eigenvalue weighted by molar-refractivity contribution is 5.73.